The van der Waals surface area contributed by atoms with Crippen molar-refractivity contribution < 1.29 is 0 Å². The number of rotatable bonds is 3. The summed E-state index contributed by atoms with van der Waals surface area (Å²) >= 11 is 0. The first-order valence-electron chi connectivity index (χ1n) is 14.4. The second kappa shape index (κ2) is 9.79. The van der Waals surface area contributed by atoms with Crippen LogP contribution in [0.2, 0.25) is 0 Å². The van der Waals surface area contributed by atoms with Crippen LogP contribution in [0, 0.1) is 0 Å². The van der Waals surface area contributed by atoms with Gasteiger partial charge in [-0.05, 0) is 82.9 Å². The average Bonchev–Trinajstić information content (AvgIpc) is 2.95. The highest BCUT2D eigenvalue weighted by Gasteiger charge is 2.21. The van der Waals surface area contributed by atoms with Crippen molar-refractivity contribution in [3.8, 4) is 33.4 Å². The molecule has 0 fully saturated rings. The molecule has 0 unspecified atom stereocenters. The molecule has 0 heterocycles. The normalized spacial score (nSPS) is 12.2. The molecule has 6 rings (SSSR count). The van der Waals surface area contributed by atoms with E-state index in [0.717, 1.165) is 0 Å². The second-order valence-corrected chi connectivity index (χ2v) is 13.1. The standard InChI is InChI=1S/C40H38/c1-39(2,3)31-22-20-30(21-23-31)38-34-15-11-10-14-33(34)37(35-25-24-32(26-36(35)38)40(4,5)6)29-18-16-28(17-19-29)27-12-8-7-9-13-27/h7-26H,1-6H3. The lowest BCUT2D eigenvalue weighted by atomic mass is 9.80. The predicted octanol–water partition coefficient (Wildman–Crippen LogP) is 11.6. The van der Waals surface area contributed by atoms with Crippen LogP contribution < -0.4 is 0 Å². The molecule has 0 saturated carbocycles. The Bertz CT molecular complexity index is 1810. The first-order valence-corrected chi connectivity index (χ1v) is 14.4. The van der Waals surface area contributed by atoms with Crippen LogP contribution in [0.5, 0.6) is 0 Å². The van der Waals surface area contributed by atoms with Crippen LogP contribution >= 0.6 is 0 Å². The zero-order chi connectivity index (χ0) is 28.1. The Morgan fingerprint density at radius 1 is 0.325 bits per heavy atom. The van der Waals surface area contributed by atoms with Crippen molar-refractivity contribution in [3.05, 3.63) is 132 Å². The van der Waals surface area contributed by atoms with E-state index in [1.807, 2.05) is 0 Å². The van der Waals surface area contributed by atoms with Crippen molar-refractivity contribution in [2.24, 2.45) is 0 Å². The summed E-state index contributed by atoms with van der Waals surface area (Å²) < 4.78 is 0. The molecule has 6 aromatic carbocycles. The molecule has 0 heteroatoms. The summed E-state index contributed by atoms with van der Waals surface area (Å²) in [5.74, 6) is 0. The van der Waals surface area contributed by atoms with Crippen LogP contribution in [0.15, 0.2) is 121 Å². The van der Waals surface area contributed by atoms with Gasteiger partial charge in [-0.2, -0.15) is 0 Å². The predicted molar refractivity (Wildman–Crippen MR) is 175 cm³/mol. The molecule has 0 atom stereocenters. The highest BCUT2D eigenvalue weighted by atomic mass is 14.2. The van der Waals surface area contributed by atoms with Crippen LogP contribution in [-0.2, 0) is 10.8 Å². The smallest absolute Gasteiger partial charge is 0.00263 e. The Balaban J connectivity index is 1.65. The molecule has 0 aromatic heterocycles. The minimum atomic E-state index is 0.0602. The highest BCUT2D eigenvalue weighted by Crippen LogP contribution is 2.45. The Labute approximate surface area is 239 Å². The summed E-state index contributed by atoms with van der Waals surface area (Å²) in [5, 5.41) is 5.21. The fourth-order valence-corrected chi connectivity index (χ4v) is 5.86. The van der Waals surface area contributed by atoms with Crippen LogP contribution in [0.3, 0.4) is 0 Å². The van der Waals surface area contributed by atoms with E-state index in [1.165, 1.54) is 66.1 Å². The Morgan fingerprint density at radius 3 is 1.27 bits per heavy atom. The van der Waals surface area contributed by atoms with E-state index in [9.17, 15) is 0 Å². The number of hydrogen-bond acceptors (Lipinski definition) is 0. The lowest BCUT2D eigenvalue weighted by Crippen LogP contribution is -2.11. The third kappa shape index (κ3) is 4.73. The van der Waals surface area contributed by atoms with Crippen LogP contribution in [-0.4, -0.2) is 0 Å². The molecule has 0 spiro atoms. The van der Waals surface area contributed by atoms with Crippen molar-refractivity contribution in [3.63, 3.8) is 0 Å². The Hall–Kier alpha value is -4.16. The second-order valence-electron chi connectivity index (χ2n) is 13.1. The van der Waals surface area contributed by atoms with E-state index in [2.05, 4.69) is 163 Å². The van der Waals surface area contributed by atoms with Gasteiger partial charge in [-0.15, -0.1) is 0 Å². The van der Waals surface area contributed by atoms with Gasteiger partial charge in [0.1, 0.15) is 0 Å². The molecule has 0 saturated heterocycles. The van der Waals surface area contributed by atoms with E-state index < -0.39 is 0 Å². The molecular formula is C40H38. The number of fused-ring (bicyclic) bond motifs is 2. The van der Waals surface area contributed by atoms with Crippen molar-refractivity contribution in [2.75, 3.05) is 0 Å². The molecule has 0 N–H and O–H groups in total. The number of benzene rings is 6. The van der Waals surface area contributed by atoms with Gasteiger partial charge in [0, 0.05) is 0 Å². The Morgan fingerprint density at radius 2 is 0.725 bits per heavy atom. The summed E-state index contributed by atoms with van der Waals surface area (Å²) in [6.45, 7) is 13.7. The molecule has 40 heavy (non-hydrogen) atoms. The van der Waals surface area contributed by atoms with Gasteiger partial charge < -0.3 is 0 Å². The largest absolute Gasteiger partial charge is 0.0622 e. The van der Waals surface area contributed by atoms with Gasteiger partial charge in [0.05, 0.1) is 0 Å². The van der Waals surface area contributed by atoms with Crippen molar-refractivity contribution in [1.29, 1.82) is 0 Å². The molecule has 0 nitrogen and oxygen atoms in total. The van der Waals surface area contributed by atoms with Gasteiger partial charge in [0.15, 0.2) is 0 Å². The average molecular weight is 519 g/mol. The third-order valence-electron chi connectivity index (χ3n) is 8.21. The quantitative estimate of drug-likeness (QED) is 0.204. The van der Waals surface area contributed by atoms with Crippen LogP contribution in [0.25, 0.3) is 54.9 Å². The molecule has 0 aliphatic rings. The first kappa shape index (κ1) is 26.1. The van der Waals surface area contributed by atoms with E-state index >= 15 is 0 Å². The van der Waals surface area contributed by atoms with E-state index in [4.69, 9.17) is 0 Å². The van der Waals surface area contributed by atoms with Crippen molar-refractivity contribution in [2.45, 2.75) is 52.4 Å². The van der Waals surface area contributed by atoms with Crippen LogP contribution in [0.1, 0.15) is 52.7 Å². The van der Waals surface area contributed by atoms with E-state index in [1.54, 1.807) is 0 Å². The minimum absolute atomic E-state index is 0.0602. The maximum absolute atomic E-state index is 2.44. The molecule has 0 radical (unpaired) electrons. The lowest BCUT2D eigenvalue weighted by Gasteiger charge is -2.23. The van der Waals surface area contributed by atoms with E-state index in [0.29, 0.717) is 0 Å². The van der Waals surface area contributed by atoms with E-state index in [-0.39, 0.29) is 10.8 Å². The van der Waals surface area contributed by atoms with Gasteiger partial charge in [0.25, 0.3) is 0 Å². The molecular weight excluding hydrogens is 480 g/mol. The zero-order valence-corrected chi connectivity index (χ0v) is 24.5. The first-order chi connectivity index (χ1) is 19.1. The lowest BCUT2D eigenvalue weighted by molar-refractivity contribution is 0.590. The molecule has 198 valence electrons. The molecule has 0 aliphatic heterocycles. The summed E-state index contributed by atoms with van der Waals surface area (Å²) in [6.07, 6.45) is 0. The molecule has 0 amide bonds. The number of hydrogen-bond donors (Lipinski definition) is 0. The van der Waals surface area contributed by atoms with Crippen LogP contribution in [0.4, 0.5) is 0 Å². The maximum Gasteiger partial charge on any atom is -0.00263 e. The Kier molecular flexibility index (Phi) is 6.38. The summed E-state index contributed by atoms with van der Waals surface area (Å²) in [5.41, 5.74) is 10.5. The van der Waals surface area contributed by atoms with Crippen molar-refractivity contribution >= 4 is 21.5 Å². The molecule has 0 aliphatic carbocycles. The van der Waals surface area contributed by atoms with Crippen molar-refractivity contribution in [1.82, 2.24) is 0 Å². The minimum Gasteiger partial charge on any atom is -0.0622 e. The summed E-state index contributed by atoms with van der Waals surface area (Å²) in [6, 6.07) is 45.0. The maximum atomic E-state index is 2.44. The fourth-order valence-electron chi connectivity index (χ4n) is 5.86. The summed E-state index contributed by atoms with van der Waals surface area (Å²) in [7, 11) is 0. The highest BCUT2D eigenvalue weighted by molar-refractivity contribution is 6.21. The topological polar surface area (TPSA) is 0 Å². The molecule has 6 aromatic rings. The SMILES string of the molecule is CC(C)(C)c1ccc(-c2c3ccccc3c(-c3ccc(-c4ccccc4)cc3)c3ccc(C(C)(C)C)cc23)cc1. The summed E-state index contributed by atoms with van der Waals surface area (Å²) in [4.78, 5) is 0. The third-order valence-corrected chi connectivity index (χ3v) is 8.21. The fraction of sp³-hybridized carbons (Fsp3) is 0.200. The zero-order valence-electron chi connectivity index (χ0n) is 24.5. The van der Waals surface area contributed by atoms with Gasteiger partial charge >= 0.3 is 0 Å². The van der Waals surface area contributed by atoms with Gasteiger partial charge in [-0.3, -0.25) is 0 Å². The monoisotopic (exact) mass is 518 g/mol. The van der Waals surface area contributed by atoms with Gasteiger partial charge in [-0.1, -0.05) is 157 Å². The molecule has 0 bridgehead atoms. The van der Waals surface area contributed by atoms with Gasteiger partial charge in [0.2, 0.25) is 0 Å². The van der Waals surface area contributed by atoms with Gasteiger partial charge in [-0.25, -0.2) is 0 Å².